The number of rotatable bonds is 4. The van der Waals surface area contributed by atoms with Crippen LogP contribution < -0.4 is 5.32 Å². The van der Waals surface area contributed by atoms with Gasteiger partial charge in [0.05, 0.1) is 17.2 Å². The highest BCUT2D eigenvalue weighted by atomic mass is 16.5. The molecule has 1 aromatic heterocycles. The predicted octanol–water partition coefficient (Wildman–Crippen LogP) is 3.22. The standard InChI is InChI=1S/C19H15N3O3/c1-12(18(23)22-14-8-6-13(10-20)7-9-14)25-19(24)16-11-21-17-5-3-2-4-15(16)17/h2-9,11-12,21H,1H3,(H,22,23)/t12-/m1/s1. The second-order valence-corrected chi connectivity index (χ2v) is 5.47. The molecule has 1 atom stereocenters. The van der Waals surface area contributed by atoms with Gasteiger partial charge in [-0.2, -0.15) is 5.26 Å². The molecule has 3 rings (SSSR count). The molecule has 25 heavy (non-hydrogen) atoms. The first-order valence-electron chi connectivity index (χ1n) is 7.66. The molecule has 0 saturated carbocycles. The summed E-state index contributed by atoms with van der Waals surface area (Å²) in [6, 6.07) is 15.8. The summed E-state index contributed by atoms with van der Waals surface area (Å²) in [5, 5.41) is 12.2. The third-order valence-corrected chi connectivity index (χ3v) is 3.74. The zero-order chi connectivity index (χ0) is 17.8. The fourth-order valence-corrected chi connectivity index (χ4v) is 2.39. The lowest BCUT2D eigenvalue weighted by molar-refractivity contribution is -0.123. The predicted molar refractivity (Wildman–Crippen MR) is 93.0 cm³/mol. The molecule has 1 amide bonds. The van der Waals surface area contributed by atoms with Gasteiger partial charge in [-0.3, -0.25) is 4.79 Å². The van der Waals surface area contributed by atoms with Crippen molar-refractivity contribution in [2.75, 3.05) is 5.32 Å². The Morgan fingerprint density at radius 2 is 1.88 bits per heavy atom. The minimum atomic E-state index is -0.961. The van der Waals surface area contributed by atoms with Gasteiger partial charge in [0.15, 0.2) is 6.10 Å². The number of anilines is 1. The van der Waals surface area contributed by atoms with Crippen LogP contribution in [-0.4, -0.2) is 23.0 Å². The fourth-order valence-electron chi connectivity index (χ4n) is 2.39. The van der Waals surface area contributed by atoms with Crippen LogP contribution in [0.25, 0.3) is 10.9 Å². The van der Waals surface area contributed by atoms with Crippen LogP contribution >= 0.6 is 0 Å². The molecule has 0 unspecified atom stereocenters. The van der Waals surface area contributed by atoms with Crippen molar-refractivity contribution in [3.05, 3.63) is 65.9 Å². The molecule has 0 aliphatic rings. The lowest BCUT2D eigenvalue weighted by Crippen LogP contribution is -2.29. The Morgan fingerprint density at radius 1 is 1.16 bits per heavy atom. The zero-order valence-electron chi connectivity index (χ0n) is 13.4. The van der Waals surface area contributed by atoms with Crippen LogP contribution in [0.1, 0.15) is 22.8 Å². The van der Waals surface area contributed by atoms with Gasteiger partial charge in [-0.1, -0.05) is 18.2 Å². The van der Waals surface area contributed by atoms with E-state index < -0.39 is 18.0 Å². The van der Waals surface area contributed by atoms with Crippen molar-refractivity contribution in [2.24, 2.45) is 0 Å². The van der Waals surface area contributed by atoms with E-state index in [1.807, 2.05) is 30.3 Å². The van der Waals surface area contributed by atoms with Gasteiger partial charge >= 0.3 is 5.97 Å². The Morgan fingerprint density at radius 3 is 2.60 bits per heavy atom. The first-order chi connectivity index (χ1) is 12.1. The second-order valence-electron chi connectivity index (χ2n) is 5.47. The van der Waals surface area contributed by atoms with E-state index >= 15 is 0 Å². The lowest BCUT2D eigenvalue weighted by atomic mass is 10.2. The van der Waals surface area contributed by atoms with E-state index in [9.17, 15) is 9.59 Å². The van der Waals surface area contributed by atoms with Crippen LogP contribution in [0.2, 0.25) is 0 Å². The minimum absolute atomic E-state index is 0.383. The molecule has 0 saturated heterocycles. The summed E-state index contributed by atoms with van der Waals surface area (Å²) in [5.74, 6) is -1.02. The SMILES string of the molecule is C[C@@H](OC(=O)c1c[nH]c2ccccc12)C(=O)Nc1ccc(C#N)cc1. The number of carbonyl (C=O) groups is 2. The van der Waals surface area contributed by atoms with Crippen molar-refractivity contribution in [1.82, 2.24) is 4.98 Å². The Balaban J connectivity index is 1.66. The van der Waals surface area contributed by atoms with E-state index in [0.717, 1.165) is 10.9 Å². The van der Waals surface area contributed by atoms with Crippen LogP contribution in [0.5, 0.6) is 0 Å². The van der Waals surface area contributed by atoms with Gasteiger partial charge in [0.2, 0.25) is 0 Å². The monoisotopic (exact) mass is 333 g/mol. The number of amides is 1. The van der Waals surface area contributed by atoms with Crippen LogP contribution in [0.4, 0.5) is 5.69 Å². The number of benzene rings is 2. The van der Waals surface area contributed by atoms with Gasteiger partial charge in [0.25, 0.3) is 5.91 Å². The smallest absolute Gasteiger partial charge is 0.341 e. The Labute approximate surface area is 144 Å². The molecule has 2 N–H and O–H groups in total. The number of aromatic amines is 1. The number of hydrogen-bond acceptors (Lipinski definition) is 4. The number of aromatic nitrogens is 1. The average Bonchev–Trinajstić information content (AvgIpc) is 3.06. The van der Waals surface area contributed by atoms with E-state index in [1.54, 1.807) is 30.5 Å². The molecule has 124 valence electrons. The maximum atomic E-state index is 12.3. The van der Waals surface area contributed by atoms with Gasteiger partial charge < -0.3 is 15.0 Å². The summed E-state index contributed by atoms with van der Waals surface area (Å²) in [5.41, 5.74) is 2.23. The molecule has 1 heterocycles. The maximum Gasteiger partial charge on any atom is 0.341 e. The van der Waals surface area contributed by atoms with Gasteiger partial charge in [0, 0.05) is 22.8 Å². The molecule has 0 radical (unpaired) electrons. The Kier molecular flexibility index (Phi) is 4.48. The normalized spacial score (nSPS) is 11.5. The molecule has 6 nitrogen and oxygen atoms in total. The van der Waals surface area contributed by atoms with Crippen molar-refractivity contribution < 1.29 is 14.3 Å². The highest BCUT2D eigenvalue weighted by molar-refractivity contribution is 6.05. The van der Waals surface area contributed by atoms with Crippen molar-refractivity contribution in [1.29, 1.82) is 5.26 Å². The van der Waals surface area contributed by atoms with Crippen LogP contribution in [-0.2, 0) is 9.53 Å². The van der Waals surface area contributed by atoms with E-state index in [0.29, 0.717) is 16.8 Å². The molecule has 2 aromatic carbocycles. The second kappa shape index (κ2) is 6.89. The minimum Gasteiger partial charge on any atom is -0.449 e. The molecule has 0 aliphatic carbocycles. The van der Waals surface area contributed by atoms with E-state index in [-0.39, 0.29) is 0 Å². The molecule has 3 aromatic rings. The fraction of sp³-hybridized carbons (Fsp3) is 0.105. The number of nitrogens with zero attached hydrogens (tertiary/aromatic N) is 1. The van der Waals surface area contributed by atoms with Crippen molar-refractivity contribution in [3.8, 4) is 6.07 Å². The first-order valence-corrected chi connectivity index (χ1v) is 7.66. The number of hydrogen-bond donors (Lipinski definition) is 2. The summed E-state index contributed by atoms with van der Waals surface area (Å²) in [6.07, 6.45) is 0.606. The van der Waals surface area contributed by atoms with Crippen LogP contribution in [0, 0.1) is 11.3 Å². The number of para-hydroxylation sites is 1. The zero-order valence-corrected chi connectivity index (χ0v) is 13.4. The maximum absolute atomic E-state index is 12.3. The van der Waals surface area contributed by atoms with Gasteiger partial charge in [-0.15, -0.1) is 0 Å². The third kappa shape index (κ3) is 3.51. The van der Waals surface area contributed by atoms with Gasteiger partial charge in [0.1, 0.15) is 0 Å². The number of H-pyrrole nitrogens is 1. The summed E-state index contributed by atoms with van der Waals surface area (Å²) in [4.78, 5) is 27.5. The van der Waals surface area contributed by atoms with Crippen molar-refractivity contribution >= 4 is 28.5 Å². The number of fused-ring (bicyclic) bond motifs is 1. The molecular weight excluding hydrogens is 318 g/mol. The molecule has 0 spiro atoms. The quantitative estimate of drug-likeness (QED) is 0.717. The van der Waals surface area contributed by atoms with Gasteiger partial charge in [-0.05, 0) is 37.3 Å². The average molecular weight is 333 g/mol. The number of ether oxygens (including phenoxy) is 1. The highest BCUT2D eigenvalue weighted by Crippen LogP contribution is 2.19. The topological polar surface area (TPSA) is 95.0 Å². The Bertz CT molecular complexity index is 967. The summed E-state index contributed by atoms with van der Waals surface area (Å²) >= 11 is 0. The van der Waals surface area contributed by atoms with Crippen LogP contribution in [0.3, 0.4) is 0 Å². The highest BCUT2D eigenvalue weighted by Gasteiger charge is 2.21. The lowest BCUT2D eigenvalue weighted by Gasteiger charge is -2.13. The summed E-state index contributed by atoms with van der Waals surface area (Å²) in [7, 11) is 0. The number of carbonyl (C=O) groups excluding carboxylic acids is 2. The van der Waals surface area contributed by atoms with Crippen molar-refractivity contribution in [3.63, 3.8) is 0 Å². The molecule has 6 heteroatoms. The molecular formula is C19H15N3O3. The van der Waals surface area contributed by atoms with Crippen molar-refractivity contribution in [2.45, 2.75) is 13.0 Å². The molecule has 0 bridgehead atoms. The largest absolute Gasteiger partial charge is 0.449 e. The number of nitrogens with one attached hydrogen (secondary N) is 2. The van der Waals surface area contributed by atoms with Crippen LogP contribution in [0.15, 0.2) is 54.7 Å². The van der Waals surface area contributed by atoms with E-state index in [1.165, 1.54) is 6.92 Å². The summed E-state index contributed by atoms with van der Waals surface area (Å²) < 4.78 is 5.26. The number of nitriles is 1. The molecule has 0 fully saturated rings. The first kappa shape index (κ1) is 16.3. The number of esters is 1. The van der Waals surface area contributed by atoms with E-state index in [2.05, 4.69) is 10.3 Å². The Hall–Kier alpha value is -3.59. The summed E-state index contributed by atoms with van der Waals surface area (Å²) in [6.45, 7) is 1.51. The molecule has 0 aliphatic heterocycles. The van der Waals surface area contributed by atoms with E-state index in [4.69, 9.17) is 10.00 Å². The third-order valence-electron chi connectivity index (χ3n) is 3.74. The van der Waals surface area contributed by atoms with Gasteiger partial charge in [-0.25, -0.2) is 4.79 Å².